The molecule has 1 heterocycles. The molecule has 3 fully saturated rings. The van der Waals surface area contributed by atoms with Crippen molar-refractivity contribution in [2.75, 3.05) is 13.2 Å². The van der Waals surface area contributed by atoms with Crippen LogP contribution < -0.4 is 5.32 Å². The van der Waals surface area contributed by atoms with Gasteiger partial charge in [0, 0.05) is 6.54 Å². The quantitative estimate of drug-likeness (QED) is 0.710. The zero-order valence-electron chi connectivity index (χ0n) is 8.97. The lowest BCUT2D eigenvalue weighted by atomic mass is 10.1. The highest BCUT2D eigenvalue weighted by molar-refractivity contribution is 5.91. The molecule has 1 unspecified atom stereocenters. The Kier molecular flexibility index (Phi) is 1.45. The Bertz CT molecular complexity index is 294. The van der Waals surface area contributed by atoms with Crippen molar-refractivity contribution < 1.29 is 4.79 Å². The van der Waals surface area contributed by atoms with E-state index in [0.29, 0.717) is 11.3 Å². The lowest BCUT2D eigenvalue weighted by Crippen LogP contribution is -2.33. The molecule has 0 radical (unpaired) electrons. The number of rotatable bonds is 2. The fourth-order valence-electron chi connectivity index (χ4n) is 2.51. The number of carbonyl (C=O) groups is 1. The average molecular weight is 194 g/mol. The van der Waals surface area contributed by atoms with Gasteiger partial charge in [-0.2, -0.15) is 0 Å². The zero-order valence-corrected chi connectivity index (χ0v) is 8.97. The van der Waals surface area contributed by atoms with Gasteiger partial charge in [-0.1, -0.05) is 13.8 Å². The van der Waals surface area contributed by atoms with Gasteiger partial charge in [-0.25, -0.2) is 0 Å². The fraction of sp³-hybridized carbons (Fsp3) is 0.909. The maximum Gasteiger partial charge on any atom is 0.243 e. The van der Waals surface area contributed by atoms with E-state index in [-0.39, 0.29) is 5.54 Å². The minimum atomic E-state index is -0.0982. The van der Waals surface area contributed by atoms with Crippen molar-refractivity contribution in [3.8, 4) is 0 Å². The minimum absolute atomic E-state index is 0.0982. The maximum absolute atomic E-state index is 11.9. The molecule has 0 bridgehead atoms. The van der Waals surface area contributed by atoms with Gasteiger partial charge in [-0.15, -0.1) is 0 Å². The maximum atomic E-state index is 11.9. The Morgan fingerprint density at radius 1 is 1.50 bits per heavy atom. The van der Waals surface area contributed by atoms with Crippen LogP contribution in [0.15, 0.2) is 0 Å². The second-order valence-corrected chi connectivity index (χ2v) is 5.83. The van der Waals surface area contributed by atoms with E-state index in [9.17, 15) is 4.79 Å². The highest BCUT2D eigenvalue weighted by Crippen LogP contribution is 2.52. The first kappa shape index (κ1) is 8.72. The number of amides is 1. The van der Waals surface area contributed by atoms with Gasteiger partial charge >= 0.3 is 0 Å². The molecule has 3 aliphatic rings. The molecule has 0 aromatic carbocycles. The van der Waals surface area contributed by atoms with E-state index in [2.05, 4.69) is 19.2 Å². The molecular weight excluding hydrogens is 176 g/mol. The van der Waals surface area contributed by atoms with Gasteiger partial charge in [0.1, 0.15) is 0 Å². The van der Waals surface area contributed by atoms with Crippen LogP contribution in [0.5, 0.6) is 0 Å². The number of nitrogens with one attached hydrogen (secondary N) is 1. The van der Waals surface area contributed by atoms with Gasteiger partial charge in [0.05, 0.1) is 12.2 Å². The Morgan fingerprint density at radius 2 is 2.14 bits per heavy atom. The average Bonchev–Trinajstić information content (AvgIpc) is 2.95. The van der Waals surface area contributed by atoms with Crippen molar-refractivity contribution in [3.63, 3.8) is 0 Å². The van der Waals surface area contributed by atoms with Gasteiger partial charge in [0.2, 0.25) is 5.91 Å². The molecule has 0 aromatic heterocycles. The first-order chi connectivity index (χ1) is 6.54. The third-order valence-electron chi connectivity index (χ3n) is 4.21. The molecule has 14 heavy (non-hydrogen) atoms. The van der Waals surface area contributed by atoms with E-state index in [1.807, 2.05) is 4.90 Å². The fourth-order valence-corrected chi connectivity index (χ4v) is 2.51. The highest BCUT2D eigenvalue weighted by Gasteiger charge is 2.57. The summed E-state index contributed by atoms with van der Waals surface area (Å²) in [6.45, 7) is 6.34. The normalized spacial score (nSPS) is 36.6. The predicted molar refractivity (Wildman–Crippen MR) is 53.6 cm³/mol. The molecule has 1 atom stereocenters. The molecule has 1 N–H and O–H groups in total. The van der Waals surface area contributed by atoms with Crippen molar-refractivity contribution >= 4 is 5.91 Å². The van der Waals surface area contributed by atoms with Crippen LogP contribution in [0.3, 0.4) is 0 Å². The standard InChI is InChI=1S/C11H18N2O/c1-10(2)5-8(10)6-13-7-12-11(3-4-11)9(13)14/h8,12H,3-7H2,1-2H3. The summed E-state index contributed by atoms with van der Waals surface area (Å²) in [5.74, 6) is 1.10. The molecule has 0 aromatic rings. The van der Waals surface area contributed by atoms with Gasteiger partial charge < -0.3 is 4.90 Å². The molecule has 3 rings (SSSR count). The van der Waals surface area contributed by atoms with Crippen molar-refractivity contribution in [1.82, 2.24) is 10.2 Å². The van der Waals surface area contributed by atoms with Crippen LogP contribution in [-0.4, -0.2) is 29.6 Å². The number of hydrogen-bond donors (Lipinski definition) is 1. The second kappa shape index (κ2) is 2.32. The Hall–Kier alpha value is -0.570. The summed E-state index contributed by atoms with van der Waals surface area (Å²) in [7, 11) is 0. The summed E-state index contributed by atoms with van der Waals surface area (Å²) >= 11 is 0. The van der Waals surface area contributed by atoms with Crippen LogP contribution >= 0.6 is 0 Å². The van der Waals surface area contributed by atoms with Gasteiger partial charge in [-0.3, -0.25) is 10.1 Å². The molecule has 3 nitrogen and oxygen atoms in total. The second-order valence-electron chi connectivity index (χ2n) is 5.83. The Balaban J connectivity index is 1.62. The summed E-state index contributed by atoms with van der Waals surface area (Å²) in [4.78, 5) is 13.9. The molecule has 2 aliphatic carbocycles. The van der Waals surface area contributed by atoms with Crippen LogP contribution in [0.2, 0.25) is 0 Å². The van der Waals surface area contributed by atoms with Crippen LogP contribution in [0.25, 0.3) is 0 Å². The Morgan fingerprint density at radius 3 is 2.57 bits per heavy atom. The van der Waals surface area contributed by atoms with Crippen LogP contribution in [-0.2, 0) is 4.79 Å². The minimum Gasteiger partial charge on any atom is -0.328 e. The van der Waals surface area contributed by atoms with Crippen LogP contribution in [0.1, 0.15) is 33.1 Å². The van der Waals surface area contributed by atoms with Crippen molar-refractivity contribution in [2.24, 2.45) is 11.3 Å². The van der Waals surface area contributed by atoms with Gasteiger partial charge in [-0.05, 0) is 30.6 Å². The van der Waals surface area contributed by atoms with Crippen molar-refractivity contribution in [3.05, 3.63) is 0 Å². The van der Waals surface area contributed by atoms with E-state index in [4.69, 9.17) is 0 Å². The van der Waals surface area contributed by atoms with Crippen LogP contribution in [0.4, 0.5) is 0 Å². The van der Waals surface area contributed by atoms with E-state index < -0.39 is 0 Å². The molecule has 1 saturated heterocycles. The number of hydrogen-bond acceptors (Lipinski definition) is 2. The number of carbonyl (C=O) groups excluding carboxylic acids is 1. The topological polar surface area (TPSA) is 32.3 Å². The van der Waals surface area contributed by atoms with E-state index in [0.717, 1.165) is 32.0 Å². The van der Waals surface area contributed by atoms with Crippen molar-refractivity contribution in [1.29, 1.82) is 0 Å². The zero-order chi connectivity index (χ0) is 9.97. The largest absolute Gasteiger partial charge is 0.328 e. The third kappa shape index (κ3) is 1.11. The third-order valence-corrected chi connectivity index (χ3v) is 4.21. The van der Waals surface area contributed by atoms with E-state index in [1.54, 1.807) is 0 Å². The molecular formula is C11H18N2O. The van der Waals surface area contributed by atoms with E-state index in [1.165, 1.54) is 6.42 Å². The summed E-state index contributed by atoms with van der Waals surface area (Å²) in [6.07, 6.45) is 3.39. The Labute approximate surface area is 84.8 Å². The summed E-state index contributed by atoms with van der Waals surface area (Å²) in [6, 6.07) is 0. The highest BCUT2D eigenvalue weighted by atomic mass is 16.2. The first-order valence-corrected chi connectivity index (χ1v) is 5.58. The summed E-state index contributed by atoms with van der Waals surface area (Å²) in [5.41, 5.74) is 0.388. The number of nitrogens with zero attached hydrogens (tertiary/aromatic N) is 1. The SMILES string of the molecule is CC1(C)CC1CN1CNC2(CC2)C1=O. The van der Waals surface area contributed by atoms with Crippen molar-refractivity contribution in [2.45, 2.75) is 38.6 Å². The molecule has 1 aliphatic heterocycles. The molecule has 1 amide bonds. The summed E-state index contributed by atoms with van der Waals surface area (Å²) < 4.78 is 0. The predicted octanol–water partition coefficient (Wildman–Crippen LogP) is 0.954. The van der Waals surface area contributed by atoms with E-state index >= 15 is 0 Å². The molecule has 2 saturated carbocycles. The van der Waals surface area contributed by atoms with Gasteiger partial charge in [0.15, 0.2) is 0 Å². The molecule has 1 spiro atoms. The monoisotopic (exact) mass is 194 g/mol. The van der Waals surface area contributed by atoms with Gasteiger partial charge in [0.25, 0.3) is 0 Å². The van der Waals surface area contributed by atoms with Crippen LogP contribution in [0, 0.1) is 11.3 Å². The first-order valence-electron chi connectivity index (χ1n) is 5.58. The lowest BCUT2D eigenvalue weighted by Gasteiger charge is -2.16. The summed E-state index contributed by atoms with van der Waals surface area (Å²) in [5, 5.41) is 3.34. The lowest BCUT2D eigenvalue weighted by molar-refractivity contribution is -0.129. The molecule has 3 heteroatoms. The molecule has 78 valence electrons. The smallest absolute Gasteiger partial charge is 0.243 e.